The van der Waals surface area contributed by atoms with Crippen molar-refractivity contribution < 1.29 is 118 Å². The van der Waals surface area contributed by atoms with Gasteiger partial charge in [0.2, 0.25) is 5.60 Å². The second-order valence-corrected chi connectivity index (χ2v) is 19.7. The first-order valence-corrected chi connectivity index (χ1v) is 25.4. The van der Waals surface area contributed by atoms with Crippen LogP contribution in [0.3, 0.4) is 0 Å². The molecule has 1 heterocycles. The van der Waals surface area contributed by atoms with E-state index in [-0.39, 0.29) is 49.4 Å². The highest BCUT2D eigenvalue weighted by atomic mass is 19.4. The maximum Gasteiger partial charge on any atom is 0.573 e. The van der Waals surface area contributed by atoms with Crippen LogP contribution in [-0.2, 0) is 33.2 Å². The lowest BCUT2D eigenvalue weighted by Crippen LogP contribution is -2.57. The lowest BCUT2D eigenvalue weighted by atomic mass is 9.70. The standard InChI is InChI=1S/C27H22F9NO4.C27H24F9NO3.C4H8O.CH4/c1-23(39,25(28,29)30)22(38)37-16-24(15-17-7-3-2-4-8-17,18-9-5-11-20(13-18)40-26(31,32)33)19-10-6-12-21(14-19)41-27(34,35)36;1-23(38,25(28,29)30)16-37-17-24(15-18-7-3-2-4-8-18,19-9-5-11-21(13-19)39-26(31,32)33)20-10-6-12-22(14-20)40-27(34,35)36;1-2-4-5-3-1;/h2-14,39H,15-16H2,1H3,(H,37,38);2-14,37-38H,15-17H2,1H3;1-4H2;1H4/t2*23-;;/m11../s1. The first kappa shape index (κ1) is 72.0. The summed E-state index contributed by atoms with van der Waals surface area (Å²) in [6.07, 6.45) is -28.6. The highest BCUT2D eigenvalue weighted by Gasteiger charge is 2.56. The third-order valence-electron chi connectivity index (χ3n) is 13.1. The van der Waals surface area contributed by atoms with E-state index in [1.54, 1.807) is 60.7 Å². The molecule has 0 radical (unpaired) electrons. The molecule has 1 fully saturated rings. The van der Waals surface area contributed by atoms with Crippen LogP contribution >= 0.6 is 0 Å². The van der Waals surface area contributed by atoms with Crippen molar-refractivity contribution in [1.29, 1.82) is 0 Å². The zero-order chi connectivity index (χ0) is 64.0. The molecule has 87 heavy (non-hydrogen) atoms. The molecule has 1 aliphatic heterocycles. The number of benzene rings is 6. The quantitative estimate of drug-likeness (QED) is 0.0586. The van der Waals surface area contributed by atoms with E-state index in [1.807, 2.05) is 5.32 Å². The van der Waals surface area contributed by atoms with Gasteiger partial charge in [0, 0.05) is 43.7 Å². The zero-order valence-corrected chi connectivity index (χ0v) is 45.0. The first-order valence-electron chi connectivity index (χ1n) is 25.4. The van der Waals surface area contributed by atoms with Gasteiger partial charge in [-0.2, -0.15) is 26.3 Å². The Balaban J connectivity index is 0.000000340. The van der Waals surface area contributed by atoms with Crippen LogP contribution in [0.5, 0.6) is 23.0 Å². The molecule has 2 atom stereocenters. The van der Waals surface area contributed by atoms with Crippen molar-refractivity contribution in [3.63, 3.8) is 0 Å². The molecule has 6 aromatic carbocycles. The van der Waals surface area contributed by atoms with Gasteiger partial charge in [-0.25, -0.2) is 0 Å². The Bertz CT molecular complexity index is 2960. The van der Waals surface area contributed by atoms with Crippen molar-refractivity contribution in [3.8, 4) is 23.0 Å². The Morgan fingerprint density at radius 3 is 1.01 bits per heavy atom. The number of aliphatic hydroxyl groups is 2. The first-order chi connectivity index (χ1) is 39.7. The zero-order valence-electron chi connectivity index (χ0n) is 45.0. The smallest absolute Gasteiger partial charge is 0.406 e. The number of amides is 1. The molecule has 0 bridgehead atoms. The predicted octanol–water partition coefficient (Wildman–Crippen LogP) is 14.8. The molecule has 0 saturated carbocycles. The van der Waals surface area contributed by atoms with E-state index >= 15 is 0 Å². The van der Waals surface area contributed by atoms with Crippen LogP contribution in [-0.4, -0.2) is 98.0 Å². The lowest BCUT2D eigenvalue weighted by Gasteiger charge is -2.37. The van der Waals surface area contributed by atoms with Crippen molar-refractivity contribution in [2.45, 2.75) is 107 Å². The van der Waals surface area contributed by atoms with Crippen molar-refractivity contribution >= 4 is 5.91 Å². The van der Waals surface area contributed by atoms with E-state index in [0.717, 1.165) is 73.9 Å². The molecule has 0 spiro atoms. The summed E-state index contributed by atoms with van der Waals surface area (Å²) in [6, 6.07) is 34.0. The summed E-state index contributed by atoms with van der Waals surface area (Å²) in [7, 11) is 0. The van der Waals surface area contributed by atoms with Gasteiger partial charge in [-0.05, 0) is 121 Å². The van der Waals surface area contributed by atoms with E-state index in [4.69, 9.17) is 4.74 Å². The van der Waals surface area contributed by atoms with Gasteiger partial charge in [0.25, 0.3) is 5.91 Å². The molecule has 10 nitrogen and oxygen atoms in total. The molecular formula is C59H58F18N2O8. The van der Waals surface area contributed by atoms with Gasteiger partial charge in [0.15, 0.2) is 5.60 Å². The second kappa shape index (κ2) is 29.1. The van der Waals surface area contributed by atoms with Crippen molar-refractivity contribution in [2.75, 3.05) is 32.8 Å². The van der Waals surface area contributed by atoms with Gasteiger partial charge < -0.3 is 44.5 Å². The molecule has 0 aromatic heterocycles. The van der Waals surface area contributed by atoms with E-state index in [9.17, 15) is 94.0 Å². The monoisotopic (exact) mass is 1260 g/mol. The largest absolute Gasteiger partial charge is 0.573 e. The number of hydrogen-bond acceptors (Lipinski definition) is 9. The number of carbonyl (C=O) groups is 1. The summed E-state index contributed by atoms with van der Waals surface area (Å²) in [5.74, 6) is -4.65. The maximum atomic E-state index is 13.4. The molecular weight excluding hydrogens is 1210 g/mol. The molecule has 0 unspecified atom stereocenters. The minimum Gasteiger partial charge on any atom is -0.406 e. The van der Waals surface area contributed by atoms with Crippen molar-refractivity contribution in [3.05, 3.63) is 191 Å². The molecule has 4 N–H and O–H groups in total. The van der Waals surface area contributed by atoms with Crippen LogP contribution in [0.15, 0.2) is 158 Å². The molecule has 478 valence electrons. The van der Waals surface area contributed by atoms with Gasteiger partial charge in [0.1, 0.15) is 23.0 Å². The van der Waals surface area contributed by atoms with E-state index in [0.29, 0.717) is 18.1 Å². The van der Waals surface area contributed by atoms with E-state index in [1.165, 1.54) is 49.2 Å². The minimum atomic E-state index is -5.40. The summed E-state index contributed by atoms with van der Waals surface area (Å²) < 4.78 is 257. The normalized spacial score (nSPS) is 14.7. The Kier molecular flexibility index (Phi) is 24.1. The lowest BCUT2D eigenvalue weighted by molar-refractivity contribution is -0.275. The van der Waals surface area contributed by atoms with Crippen LogP contribution in [0.4, 0.5) is 79.0 Å². The van der Waals surface area contributed by atoms with E-state index < -0.39 is 108 Å². The summed E-state index contributed by atoms with van der Waals surface area (Å²) >= 11 is 0. The fraction of sp³-hybridized carbons (Fsp3) is 0.373. The number of nitrogens with one attached hydrogen (secondary N) is 2. The predicted molar refractivity (Wildman–Crippen MR) is 280 cm³/mol. The SMILES string of the molecule is C.C1CCOC1.C[C@@](O)(C(=O)NCC(Cc1ccccc1)(c1cccc(OC(F)(F)F)c1)c1cccc(OC(F)(F)F)c1)C(F)(F)F.C[C@@](O)(CNCC(Cc1ccccc1)(c1cccc(OC(F)(F)F)c1)c1cccc(OC(F)(F)F)c1)C(F)(F)F. The third kappa shape index (κ3) is 21.7. The fourth-order valence-electron chi connectivity index (χ4n) is 8.79. The van der Waals surface area contributed by atoms with E-state index in [2.05, 4.69) is 24.3 Å². The fourth-order valence-corrected chi connectivity index (χ4v) is 8.79. The van der Waals surface area contributed by atoms with Crippen LogP contribution in [0, 0.1) is 0 Å². The Morgan fingerprint density at radius 2 is 0.747 bits per heavy atom. The Morgan fingerprint density at radius 1 is 0.437 bits per heavy atom. The molecule has 0 aliphatic carbocycles. The number of hydrogen-bond donors (Lipinski definition) is 4. The minimum absolute atomic E-state index is 0. The average molecular weight is 1270 g/mol. The number of alkyl halides is 18. The molecule has 7 rings (SSSR count). The molecule has 1 aliphatic rings. The summed E-state index contributed by atoms with van der Waals surface area (Å²) in [4.78, 5) is 12.6. The van der Waals surface area contributed by atoms with Crippen LogP contribution in [0.1, 0.15) is 67.5 Å². The summed E-state index contributed by atoms with van der Waals surface area (Å²) in [6.45, 7) is 0.465. The maximum absolute atomic E-state index is 13.4. The second-order valence-electron chi connectivity index (χ2n) is 19.7. The highest BCUT2D eigenvalue weighted by Crippen LogP contribution is 2.43. The van der Waals surface area contributed by atoms with Crippen molar-refractivity contribution in [2.24, 2.45) is 0 Å². The third-order valence-corrected chi connectivity index (χ3v) is 13.1. The number of carbonyl (C=O) groups excluding carboxylic acids is 1. The average Bonchev–Trinajstić information content (AvgIpc) is 1.12. The van der Waals surface area contributed by atoms with Gasteiger partial charge in [-0.1, -0.05) is 117 Å². The molecule has 1 amide bonds. The van der Waals surface area contributed by atoms with Crippen LogP contribution in [0.25, 0.3) is 0 Å². The summed E-state index contributed by atoms with van der Waals surface area (Å²) in [5.41, 5.74) is -9.39. The van der Waals surface area contributed by atoms with Gasteiger partial charge in [0.05, 0.1) is 0 Å². The molecule has 6 aromatic rings. The highest BCUT2D eigenvalue weighted by molar-refractivity contribution is 5.85. The van der Waals surface area contributed by atoms with Crippen molar-refractivity contribution in [1.82, 2.24) is 10.6 Å². The Hall–Kier alpha value is -7.43. The van der Waals surface area contributed by atoms with Crippen LogP contribution < -0.4 is 29.6 Å². The van der Waals surface area contributed by atoms with Gasteiger partial charge >= 0.3 is 37.8 Å². The molecule has 28 heteroatoms. The topological polar surface area (TPSA) is 128 Å². The summed E-state index contributed by atoms with van der Waals surface area (Å²) in [5, 5.41) is 24.3. The number of rotatable bonds is 19. The van der Waals surface area contributed by atoms with Gasteiger partial charge in [-0.3, -0.25) is 4.79 Å². The van der Waals surface area contributed by atoms with Gasteiger partial charge in [-0.15, -0.1) is 52.7 Å². The number of halogens is 18. The van der Waals surface area contributed by atoms with Crippen LogP contribution in [0.2, 0.25) is 0 Å². The molecule has 1 saturated heterocycles. The Labute approximate surface area is 487 Å². The number of ether oxygens (including phenoxy) is 5.